The molecule has 1 N–H and O–H groups in total. The molecule has 0 atom stereocenters. The van der Waals surface area contributed by atoms with Crippen molar-refractivity contribution >= 4 is 17.2 Å². The van der Waals surface area contributed by atoms with E-state index in [0.717, 1.165) is 28.4 Å². The van der Waals surface area contributed by atoms with Crippen LogP contribution in [0.15, 0.2) is 36.4 Å². The van der Waals surface area contributed by atoms with Gasteiger partial charge in [0, 0.05) is 23.1 Å². The second-order valence-corrected chi connectivity index (χ2v) is 4.96. The van der Waals surface area contributed by atoms with Gasteiger partial charge in [-0.15, -0.1) is 0 Å². The number of fused-ring (bicyclic) bond motifs is 1. The van der Waals surface area contributed by atoms with E-state index in [-0.39, 0.29) is 0 Å². The average molecular weight is 296 g/mol. The zero-order chi connectivity index (χ0) is 15.5. The third kappa shape index (κ3) is 2.53. The Morgan fingerprint density at radius 2 is 1.91 bits per heavy atom. The fraction of sp³-hybridized carbons (Fsp3) is 0.176. The Morgan fingerprint density at radius 1 is 1.09 bits per heavy atom. The summed E-state index contributed by atoms with van der Waals surface area (Å²) < 4.78 is 10.6. The van der Waals surface area contributed by atoms with Crippen molar-refractivity contribution in [3.8, 4) is 11.5 Å². The topological polar surface area (TPSA) is 64.2 Å². The minimum absolute atomic E-state index is 0.641. The van der Waals surface area contributed by atoms with Crippen LogP contribution in [-0.4, -0.2) is 30.7 Å². The van der Waals surface area contributed by atoms with Crippen LogP contribution >= 0.6 is 0 Å². The number of nitrogens with zero attached hydrogens (tertiary/aromatic N) is 1. The molecule has 0 fully saturated rings. The van der Waals surface area contributed by atoms with Gasteiger partial charge in [-0.2, -0.15) is 5.10 Å². The van der Waals surface area contributed by atoms with Crippen molar-refractivity contribution in [3.63, 3.8) is 0 Å². The summed E-state index contributed by atoms with van der Waals surface area (Å²) in [7, 11) is 3.23. The van der Waals surface area contributed by atoms with E-state index in [0.29, 0.717) is 23.5 Å². The number of aldehydes is 1. The molecule has 0 aliphatic heterocycles. The van der Waals surface area contributed by atoms with Gasteiger partial charge in [-0.1, -0.05) is 6.07 Å². The highest BCUT2D eigenvalue weighted by Gasteiger charge is 2.10. The van der Waals surface area contributed by atoms with Crippen molar-refractivity contribution < 1.29 is 14.3 Å². The van der Waals surface area contributed by atoms with Crippen molar-refractivity contribution in [2.45, 2.75) is 6.42 Å². The number of hydrogen-bond acceptors (Lipinski definition) is 4. The average Bonchev–Trinajstić information content (AvgIpc) is 2.96. The molecule has 5 heteroatoms. The third-order valence-corrected chi connectivity index (χ3v) is 3.62. The maximum absolute atomic E-state index is 10.9. The lowest BCUT2D eigenvalue weighted by atomic mass is 10.0. The highest BCUT2D eigenvalue weighted by atomic mass is 16.5. The molecular formula is C17H16N2O3. The number of ether oxygens (including phenoxy) is 2. The predicted molar refractivity (Wildman–Crippen MR) is 83.8 cm³/mol. The molecule has 0 aliphatic rings. The number of H-pyrrole nitrogens is 1. The van der Waals surface area contributed by atoms with Crippen LogP contribution < -0.4 is 9.47 Å². The van der Waals surface area contributed by atoms with Gasteiger partial charge < -0.3 is 9.47 Å². The lowest BCUT2D eigenvalue weighted by Gasteiger charge is -2.09. The highest BCUT2D eigenvalue weighted by Crippen LogP contribution is 2.29. The molecule has 1 aromatic heterocycles. The van der Waals surface area contributed by atoms with Crippen LogP contribution in [0.4, 0.5) is 0 Å². The molecule has 0 aliphatic carbocycles. The summed E-state index contributed by atoms with van der Waals surface area (Å²) in [5.74, 6) is 1.39. The van der Waals surface area contributed by atoms with E-state index >= 15 is 0 Å². The predicted octanol–water partition coefficient (Wildman–Crippen LogP) is 2.98. The normalized spacial score (nSPS) is 10.6. The van der Waals surface area contributed by atoms with Crippen LogP contribution in [0.25, 0.3) is 10.9 Å². The minimum atomic E-state index is 0.641. The first-order chi connectivity index (χ1) is 10.7. The van der Waals surface area contributed by atoms with Crippen molar-refractivity contribution in [3.05, 3.63) is 53.2 Å². The van der Waals surface area contributed by atoms with Crippen LogP contribution in [0, 0.1) is 0 Å². The van der Waals surface area contributed by atoms with Crippen LogP contribution in [0.1, 0.15) is 21.6 Å². The SMILES string of the molecule is COc1ccc(Cc2[nH]nc3ccc(C=O)cc23)cc1OC. The maximum Gasteiger partial charge on any atom is 0.160 e. The largest absolute Gasteiger partial charge is 0.493 e. The summed E-state index contributed by atoms with van der Waals surface area (Å²) in [6, 6.07) is 11.3. The fourth-order valence-electron chi connectivity index (χ4n) is 2.48. The molecule has 112 valence electrons. The molecular weight excluding hydrogens is 280 g/mol. The second-order valence-electron chi connectivity index (χ2n) is 4.96. The van der Waals surface area contributed by atoms with Crippen LogP contribution in [0.3, 0.4) is 0 Å². The van der Waals surface area contributed by atoms with Gasteiger partial charge in [-0.25, -0.2) is 0 Å². The number of hydrogen-bond donors (Lipinski definition) is 1. The molecule has 3 rings (SSSR count). The number of benzene rings is 2. The third-order valence-electron chi connectivity index (χ3n) is 3.62. The first-order valence-corrected chi connectivity index (χ1v) is 6.88. The van der Waals surface area contributed by atoms with Gasteiger partial charge in [0.05, 0.1) is 19.7 Å². The summed E-state index contributed by atoms with van der Waals surface area (Å²) >= 11 is 0. The smallest absolute Gasteiger partial charge is 0.160 e. The standard InChI is InChI=1S/C17H16N2O3/c1-21-16-6-4-11(9-17(16)22-2)8-15-13-7-12(10-20)3-5-14(13)18-19-15/h3-7,9-10H,8H2,1-2H3,(H,18,19). The Labute approximate surface area is 127 Å². The molecule has 5 nitrogen and oxygen atoms in total. The molecule has 2 aromatic carbocycles. The van der Waals surface area contributed by atoms with Gasteiger partial charge >= 0.3 is 0 Å². The summed E-state index contributed by atoms with van der Waals surface area (Å²) in [5, 5.41) is 8.27. The van der Waals surface area contributed by atoms with Gasteiger partial charge in [-0.05, 0) is 35.9 Å². The lowest BCUT2D eigenvalue weighted by Crippen LogP contribution is -1.94. The number of methoxy groups -OCH3 is 2. The Hall–Kier alpha value is -2.82. The van der Waals surface area contributed by atoms with Crippen molar-refractivity contribution in [1.29, 1.82) is 0 Å². The summed E-state index contributed by atoms with van der Waals surface area (Å²) in [5.41, 5.74) is 3.52. The van der Waals surface area contributed by atoms with Crippen molar-refractivity contribution in [2.24, 2.45) is 0 Å². The Bertz CT molecular complexity index is 824. The zero-order valence-electron chi connectivity index (χ0n) is 12.4. The number of carbonyl (C=O) groups excluding carboxylic acids is 1. The summed E-state index contributed by atoms with van der Waals surface area (Å²) in [6.45, 7) is 0. The van der Waals surface area contributed by atoms with Crippen LogP contribution in [0.5, 0.6) is 11.5 Å². The summed E-state index contributed by atoms with van der Waals surface area (Å²) in [6.07, 6.45) is 1.51. The van der Waals surface area contributed by atoms with E-state index in [1.807, 2.05) is 30.3 Å². The molecule has 0 saturated heterocycles. The Balaban J connectivity index is 1.97. The second kappa shape index (κ2) is 5.89. The van der Waals surface area contributed by atoms with E-state index in [2.05, 4.69) is 10.2 Å². The number of rotatable bonds is 5. The zero-order valence-corrected chi connectivity index (χ0v) is 12.4. The molecule has 1 heterocycles. The van der Waals surface area contributed by atoms with E-state index in [1.54, 1.807) is 20.3 Å². The molecule has 0 amide bonds. The quantitative estimate of drug-likeness (QED) is 0.735. The molecule has 22 heavy (non-hydrogen) atoms. The van der Waals surface area contributed by atoms with Crippen LogP contribution in [-0.2, 0) is 6.42 Å². The van der Waals surface area contributed by atoms with E-state index in [4.69, 9.17) is 9.47 Å². The van der Waals surface area contributed by atoms with Gasteiger partial charge in [0.25, 0.3) is 0 Å². The molecule has 3 aromatic rings. The fourth-order valence-corrected chi connectivity index (χ4v) is 2.48. The van der Waals surface area contributed by atoms with Gasteiger partial charge in [0.2, 0.25) is 0 Å². The first kappa shape index (κ1) is 14.1. The van der Waals surface area contributed by atoms with Gasteiger partial charge in [-0.3, -0.25) is 9.89 Å². The number of aromatic amines is 1. The molecule has 0 saturated carbocycles. The van der Waals surface area contributed by atoms with Gasteiger partial charge in [0.15, 0.2) is 11.5 Å². The summed E-state index contributed by atoms with van der Waals surface area (Å²) in [4.78, 5) is 10.9. The van der Waals surface area contributed by atoms with Crippen molar-refractivity contribution in [2.75, 3.05) is 14.2 Å². The van der Waals surface area contributed by atoms with E-state index in [9.17, 15) is 4.79 Å². The number of carbonyl (C=O) groups is 1. The van der Waals surface area contributed by atoms with Gasteiger partial charge in [0.1, 0.15) is 6.29 Å². The Kier molecular flexibility index (Phi) is 3.78. The number of aromatic nitrogens is 2. The van der Waals surface area contributed by atoms with Crippen molar-refractivity contribution in [1.82, 2.24) is 10.2 Å². The Morgan fingerprint density at radius 3 is 2.64 bits per heavy atom. The molecule has 0 spiro atoms. The van der Waals surface area contributed by atoms with Crippen LogP contribution in [0.2, 0.25) is 0 Å². The molecule has 0 radical (unpaired) electrons. The minimum Gasteiger partial charge on any atom is -0.493 e. The molecule has 0 unspecified atom stereocenters. The lowest BCUT2D eigenvalue weighted by molar-refractivity contribution is 0.112. The molecule has 0 bridgehead atoms. The van der Waals surface area contributed by atoms with E-state index in [1.165, 1.54) is 0 Å². The number of nitrogens with one attached hydrogen (secondary N) is 1. The monoisotopic (exact) mass is 296 g/mol. The maximum atomic E-state index is 10.9. The highest BCUT2D eigenvalue weighted by molar-refractivity contribution is 5.88. The van der Waals surface area contributed by atoms with E-state index < -0.39 is 0 Å². The first-order valence-electron chi connectivity index (χ1n) is 6.88.